The zero-order valence-electron chi connectivity index (χ0n) is 11.9. The minimum Gasteiger partial charge on any atom is -0.317 e. The van der Waals surface area contributed by atoms with E-state index in [4.69, 9.17) is 0 Å². The molecule has 1 N–H and O–H groups in total. The molecular formula is C15H26N2S. The van der Waals surface area contributed by atoms with Crippen LogP contribution in [0.1, 0.15) is 37.1 Å². The van der Waals surface area contributed by atoms with E-state index in [0.29, 0.717) is 0 Å². The smallest absolute Gasteiger partial charge is 0.0331 e. The van der Waals surface area contributed by atoms with E-state index in [1.165, 1.54) is 42.9 Å². The molecule has 0 aliphatic carbocycles. The van der Waals surface area contributed by atoms with E-state index >= 15 is 0 Å². The van der Waals surface area contributed by atoms with Crippen molar-refractivity contribution in [3.63, 3.8) is 0 Å². The second kappa shape index (κ2) is 6.69. The number of thiophene rings is 1. The Bertz CT molecular complexity index is 353. The molecule has 1 fully saturated rings. The molecule has 0 bridgehead atoms. The Kier molecular flexibility index (Phi) is 5.22. The summed E-state index contributed by atoms with van der Waals surface area (Å²) >= 11 is 1.91. The Morgan fingerprint density at radius 1 is 1.39 bits per heavy atom. The zero-order valence-corrected chi connectivity index (χ0v) is 12.7. The first-order valence-electron chi connectivity index (χ1n) is 7.14. The number of hydrogen-bond donors (Lipinski definition) is 1. The van der Waals surface area contributed by atoms with Crippen LogP contribution in [0.25, 0.3) is 0 Å². The van der Waals surface area contributed by atoms with Gasteiger partial charge < -0.3 is 5.32 Å². The van der Waals surface area contributed by atoms with Crippen molar-refractivity contribution in [1.29, 1.82) is 0 Å². The third-order valence-electron chi connectivity index (χ3n) is 3.57. The van der Waals surface area contributed by atoms with Gasteiger partial charge in [0.25, 0.3) is 0 Å². The van der Waals surface area contributed by atoms with Crippen molar-refractivity contribution in [3.05, 3.63) is 21.9 Å². The molecule has 2 nitrogen and oxygen atoms in total. The molecule has 1 saturated heterocycles. The number of nitrogens with zero attached hydrogens (tertiary/aromatic N) is 1. The van der Waals surface area contributed by atoms with Gasteiger partial charge in [-0.1, -0.05) is 13.8 Å². The molecule has 1 aromatic heterocycles. The Hall–Kier alpha value is -0.380. The van der Waals surface area contributed by atoms with Gasteiger partial charge in [-0.15, -0.1) is 11.3 Å². The first-order valence-corrected chi connectivity index (χ1v) is 8.02. The van der Waals surface area contributed by atoms with Crippen LogP contribution in [0.3, 0.4) is 0 Å². The van der Waals surface area contributed by atoms with Gasteiger partial charge in [0.05, 0.1) is 0 Å². The lowest BCUT2D eigenvalue weighted by Crippen LogP contribution is -2.44. The van der Waals surface area contributed by atoms with Crippen molar-refractivity contribution in [2.24, 2.45) is 5.92 Å². The molecule has 0 spiro atoms. The van der Waals surface area contributed by atoms with Crippen molar-refractivity contribution in [2.45, 2.75) is 46.2 Å². The van der Waals surface area contributed by atoms with E-state index in [9.17, 15) is 0 Å². The van der Waals surface area contributed by atoms with Gasteiger partial charge in [-0.3, -0.25) is 4.90 Å². The van der Waals surface area contributed by atoms with Crippen LogP contribution in [0.4, 0.5) is 0 Å². The third-order valence-corrected chi connectivity index (χ3v) is 4.61. The maximum atomic E-state index is 3.47. The molecule has 3 heteroatoms. The molecule has 0 amide bonds. The second-order valence-electron chi connectivity index (χ2n) is 5.89. The normalized spacial score (nSPS) is 17.8. The van der Waals surface area contributed by atoms with E-state index in [-0.39, 0.29) is 0 Å². The molecule has 18 heavy (non-hydrogen) atoms. The zero-order chi connectivity index (χ0) is 13.0. The van der Waals surface area contributed by atoms with Crippen LogP contribution in [0.15, 0.2) is 11.4 Å². The van der Waals surface area contributed by atoms with Crippen LogP contribution < -0.4 is 5.32 Å². The second-order valence-corrected chi connectivity index (χ2v) is 6.89. The lowest BCUT2D eigenvalue weighted by atomic mass is 10.0. The van der Waals surface area contributed by atoms with Crippen LogP contribution in [-0.4, -0.2) is 30.6 Å². The van der Waals surface area contributed by atoms with Crippen molar-refractivity contribution >= 4 is 11.3 Å². The van der Waals surface area contributed by atoms with E-state index < -0.39 is 0 Å². The summed E-state index contributed by atoms with van der Waals surface area (Å²) in [6.45, 7) is 11.6. The minimum atomic E-state index is 0.751. The number of piperidine rings is 1. The third kappa shape index (κ3) is 4.08. The van der Waals surface area contributed by atoms with Gasteiger partial charge >= 0.3 is 0 Å². The van der Waals surface area contributed by atoms with E-state index in [1.54, 1.807) is 0 Å². The van der Waals surface area contributed by atoms with Crippen molar-refractivity contribution in [1.82, 2.24) is 10.2 Å². The molecule has 0 aromatic carbocycles. The van der Waals surface area contributed by atoms with Gasteiger partial charge in [-0.2, -0.15) is 0 Å². The van der Waals surface area contributed by atoms with Crippen molar-refractivity contribution in [2.75, 3.05) is 19.6 Å². The molecule has 0 unspecified atom stereocenters. The fraction of sp³-hybridized carbons (Fsp3) is 0.733. The fourth-order valence-corrected chi connectivity index (χ4v) is 3.66. The predicted octanol–water partition coefficient (Wildman–Crippen LogP) is 3.27. The van der Waals surface area contributed by atoms with Crippen LogP contribution in [0.5, 0.6) is 0 Å². The SMILES string of the molecule is Cc1csc(CN(CC(C)C)C2CCNCC2)c1. The molecule has 0 saturated carbocycles. The maximum absolute atomic E-state index is 3.47. The highest BCUT2D eigenvalue weighted by Crippen LogP contribution is 2.21. The highest BCUT2D eigenvalue weighted by molar-refractivity contribution is 7.10. The summed E-state index contributed by atoms with van der Waals surface area (Å²) in [5, 5.41) is 5.74. The number of hydrogen-bond acceptors (Lipinski definition) is 3. The average Bonchev–Trinajstić information content (AvgIpc) is 2.75. The summed E-state index contributed by atoms with van der Waals surface area (Å²) in [5.74, 6) is 0.751. The number of aryl methyl sites for hydroxylation is 1. The summed E-state index contributed by atoms with van der Waals surface area (Å²) < 4.78 is 0. The topological polar surface area (TPSA) is 15.3 Å². The van der Waals surface area contributed by atoms with Crippen molar-refractivity contribution in [3.8, 4) is 0 Å². The fourth-order valence-electron chi connectivity index (χ4n) is 2.76. The van der Waals surface area contributed by atoms with Gasteiger partial charge in [0.15, 0.2) is 0 Å². The van der Waals surface area contributed by atoms with Gasteiger partial charge in [0.2, 0.25) is 0 Å². The standard InChI is InChI=1S/C15H26N2S/c1-12(2)9-17(14-4-6-16-7-5-14)10-15-8-13(3)11-18-15/h8,11-12,14,16H,4-7,9-10H2,1-3H3. The lowest BCUT2D eigenvalue weighted by molar-refractivity contribution is 0.138. The molecule has 2 rings (SSSR count). The number of nitrogens with one attached hydrogen (secondary N) is 1. The Balaban J connectivity index is 1.99. The van der Waals surface area contributed by atoms with Crippen LogP contribution in [0.2, 0.25) is 0 Å². The molecule has 0 radical (unpaired) electrons. The highest BCUT2D eigenvalue weighted by Gasteiger charge is 2.22. The first kappa shape index (κ1) is 14.0. The van der Waals surface area contributed by atoms with Gasteiger partial charge in [0, 0.05) is 24.0 Å². The molecular weight excluding hydrogens is 240 g/mol. The maximum Gasteiger partial charge on any atom is 0.0331 e. The number of rotatable bonds is 5. The minimum absolute atomic E-state index is 0.751. The average molecular weight is 266 g/mol. The molecule has 1 aliphatic rings. The summed E-state index contributed by atoms with van der Waals surface area (Å²) in [6, 6.07) is 3.12. The quantitative estimate of drug-likeness (QED) is 0.880. The van der Waals surface area contributed by atoms with Crippen molar-refractivity contribution < 1.29 is 0 Å². The van der Waals surface area contributed by atoms with Gasteiger partial charge in [-0.05, 0) is 55.8 Å². The van der Waals surface area contributed by atoms with Gasteiger partial charge in [-0.25, -0.2) is 0 Å². The Morgan fingerprint density at radius 2 is 2.11 bits per heavy atom. The van der Waals surface area contributed by atoms with Gasteiger partial charge in [0.1, 0.15) is 0 Å². The Morgan fingerprint density at radius 3 is 2.67 bits per heavy atom. The van der Waals surface area contributed by atoms with E-state index in [2.05, 4.69) is 42.4 Å². The van der Waals surface area contributed by atoms with Crippen LogP contribution in [0, 0.1) is 12.8 Å². The summed E-state index contributed by atoms with van der Waals surface area (Å²) in [4.78, 5) is 4.23. The Labute approximate surface area is 115 Å². The predicted molar refractivity (Wildman–Crippen MR) is 80.2 cm³/mol. The molecule has 1 aliphatic heterocycles. The van der Waals surface area contributed by atoms with E-state index in [0.717, 1.165) is 18.5 Å². The van der Waals surface area contributed by atoms with Crippen LogP contribution in [-0.2, 0) is 6.54 Å². The van der Waals surface area contributed by atoms with E-state index in [1.807, 2.05) is 11.3 Å². The lowest BCUT2D eigenvalue weighted by Gasteiger charge is -2.35. The summed E-state index contributed by atoms with van der Waals surface area (Å²) in [7, 11) is 0. The summed E-state index contributed by atoms with van der Waals surface area (Å²) in [6.07, 6.45) is 2.61. The molecule has 0 atom stereocenters. The summed E-state index contributed by atoms with van der Waals surface area (Å²) in [5.41, 5.74) is 1.41. The molecule has 1 aromatic rings. The van der Waals surface area contributed by atoms with Crippen LogP contribution >= 0.6 is 11.3 Å². The molecule has 102 valence electrons. The monoisotopic (exact) mass is 266 g/mol. The first-order chi connectivity index (χ1) is 8.65. The largest absolute Gasteiger partial charge is 0.317 e. The highest BCUT2D eigenvalue weighted by atomic mass is 32.1. The molecule has 2 heterocycles.